The summed E-state index contributed by atoms with van der Waals surface area (Å²) in [5.74, 6) is -0.0671. The number of amides is 2. The number of hydrogen-bond acceptors (Lipinski definition) is 3. The van der Waals surface area contributed by atoms with E-state index in [2.05, 4.69) is 10.2 Å². The second kappa shape index (κ2) is 10.3. The second-order valence-corrected chi connectivity index (χ2v) is 9.02. The van der Waals surface area contributed by atoms with Crippen LogP contribution in [0.2, 0.25) is 5.02 Å². The summed E-state index contributed by atoms with van der Waals surface area (Å²) < 4.78 is 0. The Kier molecular flexibility index (Phi) is 7.25. The zero-order valence-corrected chi connectivity index (χ0v) is 18.6. The summed E-state index contributed by atoms with van der Waals surface area (Å²) in [5, 5.41) is 3.80. The predicted molar refractivity (Wildman–Crippen MR) is 124 cm³/mol. The quantitative estimate of drug-likeness (QED) is 0.726. The molecule has 2 saturated heterocycles. The average molecular weight is 440 g/mol. The summed E-state index contributed by atoms with van der Waals surface area (Å²) in [5.41, 5.74) is 2.41. The monoisotopic (exact) mass is 439 g/mol. The lowest BCUT2D eigenvalue weighted by atomic mass is 9.96. The number of carbonyl (C=O) groups is 2. The Bertz CT molecular complexity index is 909. The number of rotatable bonds is 5. The first-order chi connectivity index (χ1) is 15.1. The van der Waals surface area contributed by atoms with Crippen LogP contribution in [0.3, 0.4) is 0 Å². The van der Waals surface area contributed by atoms with E-state index in [1.165, 1.54) is 12.0 Å². The SMILES string of the molecule is O=C(Nc1ccccc1C(=O)N1CCCCC1)C1CCCN(Cc2ccc(Cl)cc2)C1. The van der Waals surface area contributed by atoms with Gasteiger partial charge in [0.15, 0.2) is 0 Å². The van der Waals surface area contributed by atoms with Crippen molar-refractivity contribution in [3.05, 3.63) is 64.7 Å². The molecule has 4 rings (SSSR count). The molecule has 164 valence electrons. The van der Waals surface area contributed by atoms with Crippen LogP contribution < -0.4 is 5.32 Å². The van der Waals surface area contributed by atoms with Gasteiger partial charge in [-0.3, -0.25) is 14.5 Å². The van der Waals surface area contributed by atoms with Gasteiger partial charge in [0.05, 0.1) is 17.2 Å². The number of piperidine rings is 2. The van der Waals surface area contributed by atoms with E-state index in [9.17, 15) is 9.59 Å². The maximum Gasteiger partial charge on any atom is 0.255 e. The Morgan fingerprint density at radius 3 is 2.45 bits per heavy atom. The van der Waals surface area contributed by atoms with Gasteiger partial charge in [0.1, 0.15) is 0 Å². The van der Waals surface area contributed by atoms with E-state index in [1.807, 2.05) is 53.4 Å². The van der Waals surface area contributed by atoms with Crippen molar-refractivity contribution in [2.45, 2.75) is 38.6 Å². The van der Waals surface area contributed by atoms with Crippen molar-refractivity contribution in [1.29, 1.82) is 0 Å². The van der Waals surface area contributed by atoms with Gasteiger partial charge in [-0.15, -0.1) is 0 Å². The number of hydrogen-bond donors (Lipinski definition) is 1. The first-order valence-electron chi connectivity index (χ1n) is 11.3. The molecule has 0 bridgehead atoms. The fourth-order valence-corrected chi connectivity index (χ4v) is 4.67. The molecular formula is C25H30ClN3O2. The van der Waals surface area contributed by atoms with Gasteiger partial charge in [0.2, 0.25) is 5.91 Å². The van der Waals surface area contributed by atoms with Gasteiger partial charge in [-0.25, -0.2) is 0 Å². The van der Waals surface area contributed by atoms with Gasteiger partial charge in [0.25, 0.3) is 5.91 Å². The Morgan fingerprint density at radius 2 is 1.68 bits per heavy atom. The molecule has 1 unspecified atom stereocenters. The van der Waals surface area contributed by atoms with Crippen LogP contribution in [-0.2, 0) is 11.3 Å². The van der Waals surface area contributed by atoms with E-state index in [-0.39, 0.29) is 17.7 Å². The van der Waals surface area contributed by atoms with E-state index in [0.717, 1.165) is 63.4 Å². The number of carbonyl (C=O) groups excluding carboxylic acids is 2. The molecule has 1 atom stereocenters. The molecule has 0 aliphatic carbocycles. The molecule has 0 radical (unpaired) electrons. The Labute approximate surface area is 189 Å². The lowest BCUT2D eigenvalue weighted by molar-refractivity contribution is -0.121. The fourth-order valence-electron chi connectivity index (χ4n) is 4.54. The highest BCUT2D eigenvalue weighted by Gasteiger charge is 2.27. The molecule has 2 aromatic carbocycles. The summed E-state index contributed by atoms with van der Waals surface area (Å²) in [6.07, 6.45) is 5.12. The van der Waals surface area contributed by atoms with Crippen molar-refractivity contribution in [3.63, 3.8) is 0 Å². The number of nitrogens with zero attached hydrogens (tertiary/aromatic N) is 2. The summed E-state index contributed by atoms with van der Waals surface area (Å²) in [7, 11) is 0. The highest BCUT2D eigenvalue weighted by Crippen LogP contribution is 2.24. The molecular weight excluding hydrogens is 410 g/mol. The van der Waals surface area contributed by atoms with Crippen LogP contribution in [0, 0.1) is 5.92 Å². The number of benzene rings is 2. The Hall–Kier alpha value is -2.37. The first-order valence-corrected chi connectivity index (χ1v) is 11.6. The third-order valence-electron chi connectivity index (χ3n) is 6.25. The van der Waals surface area contributed by atoms with E-state index < -0.39 is 0 Å². The molecule has 2 aliphatic rings. The predicted octanol–water partition coefficient (Wildman–Crippen LogP) is 4.82. The Morgan fingerprint density at radius 1 is 0.935 bits per heavy atom. The molecule has 2 amide bonds. The summed E-state index contributed by atoms with van der Waals surface area (Å²) >= 11 is 5.99. The van der Waals surface area contributed by atoms with Crippen LogP contribution in [0.4, 0.5) is 5.69 Å². The third kappa shape index (κ3) is 5.66. The third-order valence-corrected chi connectivity index (χ3v) is 6.51. The number of likely N-dealkylation sites (tertiary alicyclic amines) is 2. The molecule has 6 heteroatoms. The van der Waals surface area contributed by atoms with Gasteiger partial charge in [0, 0.05) is 31.2 Å². The molecule has 0 saturated carbocycles. The zero-order chi connectivity index (χ0) is 21.6. The van der Waals surface area contributed by atoms with Crippen LogP contribution in [-0.4, -0.2) is 47.8 Å². The van der Waals surface area contributed by atoms with Gasteiger partial charge >= 0.3 is 0 Å². The standard InChI is InChI=1S/C25H30ClN3O2/c26-21-12-10-19(11-13-21)17-28-14-6-7-20(18-28)24(30)27-23-9-3-2-8-22(23)25(31)29-15-4-1-5-16-29/h2-3,8-13,20H,1,4-7,14-18H2,(H,27,30). The minimum atomic E-state index is -0.0841. The molecule has 1 N–H and O–H groups in total. The van der Waals surface area contributed by atoms with Gasteiger partial charge < -0.3 is 10.2 Å². The normalized spacial score (nSPS) is 19.8. The second-order valence-electron chi connectivity index (χ2n) is 8.59. The molecule has 0 aromatic heterocycles. The minimum Gasteiger partial charge on any atom is -0.339 e. The van der Waals surface area contributed by atoms with Crippen molar-refractivity contribution in [3.8, 4) is 0 Å². The Balaban J connectivity index is 1.39. The average Bonchev–Trinajstić information content (AvgIpc) is 2.81. The zero-order valence-electron chi connectivity index (χ0n) is 17.9. The summed E-state index contributed by atoms with van der Waals surface area (Å²) in [6, 6.07) is 15.3. The van der Waals surface area contributed by atoms with Crippen LogP contribution in [0.15, 0.2) is 48.5 Å². The molecule has 0 spiro atoms. The molecule has 2 aromatic rings. The van der Waals surface area contributed by atoms with E-state index >= 15 is 0 Å². The lowest BCUT2D eigenvalue weighted by Crippen LogP contribution is -2.40. The number of halogens is 1. The van der Waals surface area contributed by atoms with Crippen LogP contribution >= 0.6 is 11.6 Å². The van der Waals surface area contributed by atoms with Crippen molar-refractivity contribution in [2.24, 2.45) is 5.92 Å². The molecule has 2 aliphatic heterocycles. The van der Waals surface area contributed by atoms with Gasteiger partial charge in [-0.1, -0.05) is 35.9 Å². The van der Waals surface area contributed by atoms with Crippen molar-refractivity contribution >= 4 is 29.1 Å². The first kappa shape index (κ1) is 21.8. The van der Waals surface area contributed by atoms with E-state index in [1.54, 1.807) is 0 Å². The number of para-hydroxylation sites is 1. The fraction of sp³-hybridized carbons (Fsp3) is 0.440. The smallest absolute Gasteiger partial charge is 0.255 e. The highest BCUT2D eigenvalue weighted by atomic mass is 35.5. The van der Waals surface area contributed by atoms with Crippen LogP contribution in [0.5, 0.6) is 0 Å². The van der Waals surface area contributed by atoms with E-state index in [0.29, 0.717) is 11.3 Å². The van der Waals surface area contributed by atoms with Crippen molar-refractivity contribution in [1.82, 2.24) is 9.80 Å². The van der Waals surface area contributed by atoms with Crippen molar-refractivity contribution < 1.29 is 9.59 Å². The molecule has 5 nitrogen and oxygen atoms in total. The van der Waals surface area contributed by atoms with Crippen LogP contribution in [0.25, 0.3) is 0 Å². The van der Waals surface area contributed by atoms with Crippen LogP contribution in [0.1, 0.15) is 48.0 Å². The largest absolute Gasteiger partial charge is 0.339 e. The molecule has 2 heterocycles. The maximum atomic E-state index is 13.1. The number of nitrogens with one attached hydrogen (secondary N) is 1. The van der Waals surface area contributed by atoms with Crippen molar-refractivity contribution in [2.75, 3.05) is 31.5 Å². The lowest BCUT2D eigenvalue weighted by Gasteiger charge is -2.32. The van der Waals surface area contributed by atoms with Gasteiger partial charge in [-0.2, -0.15) is 0 Å². The molecule has 2 fully saturated rings. The number of anilines is 1. The summed E-state index contributed by atoms with van der Waals surface area (Å²) in [6.45, 7) is 4.10. The van der Waals surface area contributed by atoms with E-state index in [4.69, 9.17) is 11.6 Å². The maximum absolute atomic E-state index is 13.1. The topological polar surface area (TPSA) is 52.7 Å². The minimum absolute atomic E-state index is 0.000278. The molecule has 31 heavy (non-hydrogen) atoms. The van der Waals surface area contributed by atoms with Gasteiger partial charge in [-0.05, 0) is 68.5 Å². The highest BCUT2D eigenvalue weighted by molar-refractivity contribution is 6.30. The summed E-state index contributed by atoms with van der Waals surface area (Å²) in [4.78, 5) is 30.3.